The molecule has 1 aliphatic heterocycles. The molecule has 144 valence electrons. The highest BCUT2D eigenvalue weighted by Crippen LogP contribution is 2.45. The topological polar surface area (TPSA) is 78.9 Å². The minimum atomic E-state index is -0.609. The molecule has 0 saturated carbocycles. The van der Waals surface area contributed by atoms with E-state index in [2.05, 4.69) is 6.58 Å². The van der Waals surface area contributed by atoms with Crippen molar-refractivity contribution in [2.45, 2.75) is 52.2 Å². The van der Waals surface area contributed by atoms with E-state index >= 15 is 0 Å². The number of carbonyl (C=O) groups is 3. The van der Waals surface area contributed by atoms with Crippen LogP contribution in [0.3, 0.4) is 0 Å². The number of alkyl halides is 1. The predicted molar refractivity (Wildman–Crippen MR) is 95.5 cm³/mol. The molecule has 0 aromatic heterocycles. The number of fused-ring (bicyclic) bond motifs is 1. The molecule has 7 heteroatoms. The molecule has 0 aromatic carbocycles. The number of esters is 3. The average molecular weight is 385 g/mol. The molecule has 0 unspecified atom stereocenters. The van der Waals surface area contributed by atoms with Gasteiger partial charge in [0.2, 0.25) is 0 Å². The molecule has 2 rings (SSSR count). The van der Waals surface area contributed by atoms with Crippen LogP contribution in [0.25, 0.3) is 0 Å². The Balaban J connectivity index is 2.20. The minimum Gasteiger partial charge on any atom is -0.466 e. The summed E-state index contributed by atoms with van der Waals surface area (Å²) < 4.78 is 16.0. The molecule has 2 aliphatic rings. The van der Waals surface area contributed by atoms with Crippen LogP contribution in [0.1, 0.15) is 40.0 Å². The Morgan fingerprint density at radius 3 is 2.73 bits per heavy atom. The van der Waals surface area contributed by atoms with Gasteiger partial charge in [-0.25, -0.2) is 4.79 Å². The zero-order valence-electron chi connectivity index (χ0n) is 15.4. The van der Waals surface area contributed by atoms with Gasteiger partial charge < -0.3 is 14.2 Å². The lowest BCUT2D eigenvalue weighted by Gasteiger charge is -2.37. The zero-order valence-corrected chi connectivity index (χ0v) is 16.1. The number of rotatable bonds is 7. The van der Waals surface area contributed by atoms with E-state index in [0.717, 1.165) is 17.6 Å². The Morgan fingerprint density at radius 2 is 2.12 bits per heavy atom. The summed E-state index contributed by atoms with van der Waals surface area (Å²) in [6.45, 7) is 9.56. The van der Waals surface area contributed by atoms with Crippen molar-refractivity contribution in [2.75, 3.05) is 12.5 Å². The molecule has 0 radical (unpaired) electrons. The van der Waals surface area contributed by atoms with Crippen molar-refractivity contribution in [1.29, 1.82) is 0 Å². The fourth-order valence-corrected chi connectivity index (χ4v) is 3.88. The lowest BCUT2D eigenvalue weighted by atomic mass is 9.73. The van der Waals surface area contributed by atoms with Crippen LogP contribution in [0.15, 0.2) is 23.3 Å². The maximum Gasteiger partial charge on any atom is 0.334 e. The van der Waals surface area contributed by atoms with Crippen molar-refractivity contribution in [3.8, 4) is 0 Å². The number of ether oxygens (including phenoxy) is 3. The second-order valence-corrected chi connectivity index (χ2v) is 7.13. The van der Waals surface area contributed by atoms with Gasteiger partial charge in [0.05, 0.1) is 12.5 Å². The number of hydrogen-bond donors (Lipinski definition) is 0. The monoisotopic (exact) mass is 384 g/mol. The Labute approximate surface area is 158 Å². The van der Waals surface area contributed by atoms with Gasteiger partial charge >= 0.3 is 17.9 Å². The molecule has 0 aromatic rings. The molecule has 4 atom stereocenters. The summed E-state index contributed by atoms with van der Waals surface area (Å²) in [5.41, 5.74) is 2.35. The molecular formula is C19H25ClO6. The predicted octanol–water partition coefficient (Wildman–Crippen LogP) is 2.93. The van der Waals surface area contributed by atoms with Crippen molar-refractivity contribution < 1.29 is 28.6 Å². The van der Waals surface area contributed by atoms with Crippen LogP contribution in [-0.4, -0.2) is 42.6 Å². The summed E-state index contributed by atoms with van der Waals surface area (Å²) in [5, 5.41) is 0. The second-order valence-electron chi connectivity index (χ2n) is 6.86. The first kappa shape index (κ1) is 20.5. The first-order chi connectivity index (χ1) is 12.3. The average Bonchev–Trinajstić information content (AvgIpc) is 2.85. The van der Waals surface area contributed by atoms with Gasteiger partial charge in [0, 0.05) is 18.9 Å². The van der Waals surface area contributed by atoms with Gasteiger partial charge in [0.25, 0.3) is 0 Å². The fourth-order valence-electron chi connectivity index (χ4n) is 3.82. The third-order valence-electron chi connectivity index (χ3n) is 4.94. The van der Waals surface area contributed by atoms with E-state index in [1.165, 1.54) is 6.92 Å². The summed E-state index contributed by atoms with van der Waals surface area (Å²) in [4.78, 5) is 34.7. The molecule has 6 nitrogen and oxygen atoms in total. The third kappa shape index (κ3) is 4.47. The van der Waals surface area contributed by atoms with Gasteiger partial charge in [-0.3, -0.25) is 9.59 Å². The van der Waals surface area contributed by atoms with Crippen LogP contribution in [0.4, 0.5) is 0 Å². The van der Waals surface area contributed by atoms with Gasteiger partial charge in [-0.1, -0.05) is 19.1 Å². The quantitative estimate of drug-likeness (QED) is 0.168. The smallest absolute Gasteiger partial charge is 0.334 e. The molecule has 1 saturated heterocycles. The Morgan fingerprint density at radius 1 is 1.42 bits per heavy atom. The van der Waals surface area contributed by atoms with E-state index in [0.29, 0.717) is 25.0 Å². The van der Waals surface area contributed by atoms with E-state index < -0.39 is 18.0 Å². The van der Waals surface area contributed by atoms with Crippen LogP contribution in [0.5, 0.6) is 0 Å². The van der Waals surface area contributed by atoms with Gasteiger partial charge in [-0.2, -0.15) is 0 Å². The maximum absolute atomic E-state index is 11.9. The molecule has 0 bridgehead atoms. The molecular weight excluding hydrogens is 360 g/mol. The number of carbonyl (C=O) groups excluding carboxylic acids is 3. The summed E-state index contributed by atoms with van der Waals surface area (Å²) in [5.74, 6) is -1.85. The Kier molecular flexibility index (Phi) is 6.87. The largest absolute Gasteiger partial charge is 0.466 e. The van der Waals surface area contributed by atoms with Crippen molar-refractivity contribution in [1.82, 2.24) is 0 Å². The SMILES string of the molecule is C=C1C(=O)O[C@@H]2CC(C)=C([C@@H](C)CCCOC(C)=O)[C@@H](OC(=O)CCl)[C@H]12. The van der Waals surface area contributed by atoms with E-state index in [4.69, 9.17) is 25.8 Å². The van der Waals surface area contributed by atoms with Crippen molar-refractivity contribution in [3.63, 3.8) is 0 Å². The van der Waals surface area contributed by atoms with Crippen LogP contribution in [-0.2, 0) is 28.6 Å². The van der Waals surface area contributed by atoms with E-state index in [-0.39, 0.29) is 29.8 Å². The van der Waals surface area contributed by atoms with E-state index in [1.54, 1.807) is 0 Å². The van der Waals surface area contributed by atoms with Crippen molar-refractivity contribution in [3.05, 3.63) is 23.3 Å². The van der Waals surface area contributed by atoms with Crippen LogP contribution in [0.2, 0.25) is 0 Å². The summed E-state index contributed by atoms with van der Waals surface area (Å²) >= 11 is 5.62. The van der Waals surface area contributed by atoms with E-state index in [1.807, 2.05) is 13.8 Å². The summed E-state index contributed by atoms with van der Waals surface area (Å²) in [7, 11) is 0. The highest BCUT2D eigenvalue weighted by molar-refractivity contribution is 6.26. The number of halogens is 1. The molecule has 0 N–H and O–H groups in total. The second kappa shape index (κ2) is 8.71. The third-order valence-corrected chi connectivity index (χ3v) is 5.16. The molecule has 1 fully saturated rings. The van der Waals surface area contributed by atoms with Crippen molar-refractivity contribution in [2.24, 2.45) is 11.8 Å². The Bertz CT molecular complexity index is 638. The van der Waals surface area contributed by atoms with Gasteiger partial charge in [0.15, 0.2) is 0 Å². The normalized spacial score (nSPS) is 26.2. The first-order valence-electron chi connectivity index (χ1n) is 8.74. The summed E-state index contributed by atoms with van der Waals surface area (Å²) in [6.07, 6.45) is 1.07. The van der Waals surface area contributed by atoms with Crippen LogP contribution >= 0.6 is 11.6 Å². The fraction of sp³-hybridized carbons (Fsp3) is 0.632. The van der Waals surface area contributed by atoms with Gasteiger partial charge in [0.1, 0.15) is 18.1 Å². The highest BCUT2D eigenvalue weighted by Gasteiger charge is 2.50. The van der Waals surface area contributed by atoms with Crippen LogP contribution in [0, 0.1) is 11.8 Å². The molecule has 0 spiro atoms. The van der Waals surface area contributed by atoms with Gasteiger partial charge in [-0.05, 0) is 31.3 Å². The van der Waals surface area contributed by atoms with E-state index in [9.17, 15) is 14.4 Å². The lowest BCUT2D eigenvalue weighted by Crippen LogP contribution is -2.41. The lowest BCUT2D eigenvalue weighted by molar-refractivity contribution is -0.148. The molecule has 1 heterocycles. The Hall–Kier alpha value is -1.82. The molecule has 0 amide bonds. The standard InChI is InChI=1S/C19H25ClO6/c1-10(6-5-7-24-13(4)21)16-11(2)8-14-17(12(3)19(23)25-14)18(16)26-15(22)9-20/h10,14,17-18H,3,5-9H2,1-2,4H3/t10-,14+,17+,18+/m0/s1. The minimum absolute atomic E-state index is 0.0862. The molecule has 26 heavy (non-hydrogen) atoms. The zero-order chi connectivity index (χ0) is 19.4. The van der Waals surface area contributed by atoms with Crippen molar-refractivity contribution >= 4 is 29.5 Å². The van der Waals surface area contributed by atoms with Crippen LogP contribution < -0.4 is 0 Å². The number of hydrogen-bond acceptors (Lipinski definition) is 6. The summed E-state index contributed by atoms with van der Waals surface area (Å²) in [6, 6.07) is 0. The maximum atomic E-state index is 11.9. The first-order valence-corrected chi connectivity index (χ1v) is 9.27. The highest BCUT2D eigenvalue weighted by atomic mass is 35.5. The van der Waals surface area contributed by atoms with Gasteiger partial charge in [-0.15, -0.1) is 11.6 Å². The molecule has 1 aliphatic carbocycles.